The molecule has 0 fully saturated rings. The standard InChI is InChI=1S/C14H15BrN2O2S/c1-20(18,19)14-4-2-11(3-5-14)7-16-8-12-6-13(15)10-17-9-12/h2-6,9-10,16H,7-8H2,1H3. The Morgan fingerprint density at radius 1 is 1.10 bits per heavy atom. The minimum absolute atomic E-state index is 0.345. The maximum Gasteiger partial charge on any atom is 0.175 e. The highest BCUT2D eigenvalue weighted by atomic mass is 79.9. The van der Waals surface area contributed by atoms with E-state index in [1.807, 2.05) is 24.4 Å². The van der Waals surface area contributed by atoms with Gasteiger partial charge in [0.2, 0.25) is 0 Å². The predicted octanol–water partition coefficient (Wildman–Crippen LogP) is 2.54. The van der Waals surface area contributed by atoms with Crippen LogP contribution in [-0.2, 0) is 22.9 Å². The van der Waals surface area contributed by atoms with Gasteiger partial charge in [-0.15, -0.1) is 0 Å². The Hall–Kier alpha value is -1.24. The lowest BCUT2D eigenvalue weighted by Gasteiger charge is -2.06. The second-order valence-electron chi connectivity index (χ2n) is 4.53. The first-order valence-corrected chi connectivity index (χ1v) is 8.73. The molecule has 0 unspecified atom stereocenters. The third-order valence-corrected chi connectivity index (χ3v) is 4.33. The number of nitrogens with one attached hydrogen (secondary N) is 1. The third-order valence-electron chi connectivity index (χ3n) is 2.77. The number of pyridine rings is 1. The number of benzene rings is 1. The summed E-state index contributed by atoms with van der Waals surface area (Å²) >= 11 is 3.38. The molecule has 0 spiro atoms. The van der Waals surface area contributed by atoms with Crippen molar-refractivity contribution in [2.24, 2.45) is 0 Å². The molecule has 1 aromatic heterocycles. The molecule has 1 aromatic carbocycles. The zero-order valence-corrected chi connectivity index (χ0v) is 13.4. The average molecular weight is 355 g/mol. The number of hydrogen-bond acceptors (Lipinski definition) is 4. The van der Waals surface area contributed by atoms with E-state index in [4.69, 9.17) is 0 Å². The molecule has 0 atom stereocenters. The van der Waals surface area contributed by atoms with Crippen LogP contribution in [0, 0.1) is 0 Å². The SMILES string of the molecule is CS(=O)(=O)c1ccc(CNCc2cncc(Br)c2)cc1. The minimum Gasteiger partial charge on any atom is -0.309 e. The van der Waals surface area contributed by atoms with E-state index in [2.05, 4.69) is 26.2 Å². The Morgan fingerprint density at radius 3 is 2.35 bits per heavy atom. The van der Waals surface area contributed by atoms with Crippen molar-refractivity contribution in [1.29, 1.82) is 0 Å². The van der Waals surface area contributed by atoms with E-state index in [9.17, 15) is 8.42 Å². The molecule has 0 saturated carbocycles. The highest BCUT2D eigenvalue weighted by molar-refractivity contribution is 9.10. The van der Waals surface area contributed by atoms with E-state index >= 15 is 0 Å². The molecule has 20 heavy (non-hydrogen) atoms. The van der Waals surface area contributed by atoms with Crippen LogP contribution in [0.3, 0.4) is 0 Å². The molecule has 106 valence electrons. The highest BCUT2D eigenvalue weighted by Crippen LogP contribution is 2.11. The number of hydrogen-bond donors (Lipinski definition) is 1. The maximum absolute atomic E-state index is 11.3. The molecule has 0 bridgehead atoms. The van der Waals surface area contributed by atoms with Crippen molar-refractivity contribution < 1.29 is 8.42 Å². The Balaban J connectivity index is 1.92. The van der Waals surface area contributed by atoms with Crippen molar-refractivity contribution in [3.63, 3.8) is 0 Å². The van der Waals surface area contributed by atoms with Gasteiger partial charge < -0.3 is 5.32 Å². The Bertz CT molecular complexity index is 685. The Labute approximate surface area is 127 Å². The number of halogens is 1. The molecule has 6 heteroatoms. The average Bonchev–Trinajstić information content (AvgIpc) is 2.38. The quantitative estimate of drug-likeness (QED) is 0.896. The Kier molecular flexibility index (Phi) is 4.91. The number of aromatic nitrogens is 1. The zero-order valence-electron chi connectivity index (χ0n) is 11.0. The second kappa shape index (κ2) is 6.47. The van der Waals surface area contributed by atoms with Crippen molar-refractivity contribution in [2.45, 2.75) is 18.0 Å². The van der Waals surface area contributed by atoms with Crippen LogP contribution in [0.15, 0.2) is 52.1 Å². The van der Waals surface area contributed by atoms with Crippen LogP contribution in [0.5, 0.6) is 0 Å². The molecule has 0 saturated heterocycles. The molecular weight excluding hydrogens is 340 g/mol. The summed E-state index contributed by atoms with van der Waals surface area (Å²) in [5.41, 5.74) is 2.13. The van der Waals surface area contributed by atoms with Crippen LogP contribution in [-0.4, -0.2) is 19.7 Å². The summed E-state index contributed by atoms with van der Waals surface area (Å²) in [6, 6.07) is 8.91. The second-order valence-corrected chi connectivity index (χ2v) is 7.46. The van der Waals surface area contributed by atoms with Gasteiger partial charge in [0, 0.05) is 36.2 Å². The zero-order chi connectivity index (χ0) is 14.6. The van der Waals surface area contributed by atoms with Crippen molar-refractivity contribution >= 4 is 25.8 Å². The lowest BCUT2D eigenvalue weighted by atomic mass is 10.2. The fourth-order valence-corrected chi connectivity index (χ4v) is 2.80. The number of sulfone groups is 1. The van der Waals surface area contributed by atoms with Gasteiger partial charge in [-0.3, -0.25) is 4.98 Å². The maximum atomic E-state index is 11.3. The van der Waals surface area contributed by atoms with Crippen LogP contribution in [0.4, 0.5) is 0 Å². The normalized spacial score (nSPS) is 11.5. The third kappa shape index (κ3) is 4.40. The molecule has 4 nitrogen and oxygen atoms in total. The highest BCUT2D eigenvalue weighted by Gasteiger charge is 2.05. The van der Waals surface area contributed by atoms with Gasteiger partial charge >= 0.3 is 0 Å². The van der Waals surface area contributed by atoms with E-state index in [0.29, 0.717) is 18.0 Å². The number of nitrogens with zero attached hydrogens (tertiary/aromatic N) is 1. The summed E-state index contributed by atoms with van der Waals surface area (Å²) in [7, 11) is -3.12. The lowest BCUT2D eigenvalue weighted by Crippen LogP contribution is -2.12. The summed E-state index contributed by atoms with van der Waals surface area (Å²) in [6.07, 6.45) is 4.76. The van der Waals surface area contributed by atoms with E-state index in [1.54, 1.807) is 18.3 Å². The van der Waals surface area contributed by atoms with Crippen LogP contribution in [0.1, 0.15) is 11.1 Å². The van der Waals surface area contributed by atoms with Crippen LogP contribution in [0.2, 0.25) is 0 Å². The van der Waals surface area contributed by atoms with Crippen molar-refractivity contribution in [3.05, 3.63) is 58.3 Å². The van der Waals surface area contributed by atoms with Gasteiger partial charge in [0.25, 0.3) is 0 Å². The van der Waals surface area contributed by atoms with Gasteiger partial charge in [-0.05, 0) is 45.3 Å². The Morgan fingerprint density at radius 2 is 1.75 bits per heavy atom. The van der Waals surface area contributed by atoms with Crippen LogP contribution in [0.25, 0.3) is 0 Å². The largest absolute Gasteiger partial charge is 0.309 e. The fraction of sp³-hybridized carbons (Fsp3) is 0.214. The van der Waals surface area contributed by atoms with E-state index in [1.165, 1.54) is 6.26 Å². The minimum atomic E-state index is -3.12. The summed E-state index contributed by atoms with van der Waals surface area (Å²) in [5.74, 6) is 0. The molecule has 1 N–H and O–H groups in total. The lowest BCUT2D eigenvalue weighted by molar-refractivity contribution is 0.602. The van der Waals surface area contributed by atoms with Gasteiger partial charge in [0.1, 0.15) is 0 Å². The molecule has 2 rings (SSSR count). The summed E-state index contributed by atoms with van der Waals surface area (Å²) in [4.78, 5) is 4.44. The van der Waals surface area contributed by atoms with Gasteiger partial charge in [0.15, 0.2) is 9.84 Å². The molecule has 0 aliphatic rings. The first kappa shape index (κ1) is 15.2. The molecule has 0 aliphatic carbocycles. The topological polar surface area (TPSA) is 59.1 Å². The van der Waals surface area contributed by atoms with Gasteiger partial charge in [-0.25, -0.2) is 8.42 Å². The first-order chi connectivity index (χ1) is 9.45. The van der Waals surface area contributed by atoms with Crippen molar-refractivity contribution in [1.82, 2.24) is 10.3 Å². The van der Waals surface area contributed by atoms with E-state index in [-0.39, 0.29) is 0 Å². The molecule has 1 heterocycles. The molecule has 0 amide bonds. The van der Waals surface area contributed by atoms with Crippen molar-refractivity contribution in [2.75, 3.05) is 6.26 Å². The predicted molar refractivity (Wildman–Crippen MR) is 82.0 cm³/mol. The van der Waals surface area contributed by atoms with E-state index in [0.717, 1.165) is 15.6 Å². The number of rotatable bonds is 5. The van der Waals surface area contributed by atoms with Crippen LogP contribution < -0.4 is 5.32 Å². The first-order valence-electron chi connectivity index (χ1n) is 6.04. The summed E-state index contributed by atoms with van der Waals surface area (Å²) in [5, 5.41) is 3.29. The monoisotopic (exact) mass is 354 g/mol. The molecule has 0 radical (unpaired) electrons. The van der Waals surface area contributed by atoms with Gasteiger partial charge in [-0.1, -0.05) is 12.1 Å². The smallest absolute Gasteiger partial charge is 0.175 e. The molecule has 0 aliphatic heterocycles. The van der Waals surface area contributed by atoms with Gasteiger partial charge in [0.05, 0.1) is 4.90 Å². The summed E-state index contributed by atoms with van der Waals surface area (Å²) < 4.78 is 23.6. The fourth-order valence-electron chi connectivity index (χ4n) is 1.76. The molecule has 2 aromatic rings. The molecular formula is C14H15BrN2O2S. The summed E-state index contributed by atoms with van der Waals surface area (Å²) in [6.45, 7) is 1.39. The van der Waals surface area contributed by atoms with Gasteiger partial charge in [-0.2, -0.15) is 0 Å². The van der Waals surface area contributed by atoms with E-state index < -0.39 is 9.84 Å². The van der Waals surface area contributed by atoms with Crippen molar-refractivity contribution in [3.8, 4) is 0 Å². The van der Waals surface area contributed by atoms with Crippen LogP contribution >= 0.6 is 15.9 Å².